The first-order valence-electron chi connectivity index (χ1n) is 9.43. The molecule has 2 amide bonds. The van der Waals surface area contributed by atoms with Crippen molar-refractivity contribution in [3.8, 4) is 0 Å². The van der Waals surface area contributed by atoms with Crippen molar-refractivity contribution < 1.29 is 9.59 Å². The molecule has 0 saturated carbocycles. The molecule has 9 heteroatoms. The van der Waals surface area contributed by atoms with Gasteiger partial charge in [0.25, 0.3) is 11.8 Å². The fraction of sp³-hybridized carbons (Fsp3) is 0.227. The van der Waals surface area contributed by atoms with E-state index in [1.807, 2.05) is 6.07 Å². The molecule has 1 aromatic heterocycles. The minimum Gasteiger partial charge on any atom is -0.348 e. The lowest BCUT2D eigenvalue weighted by molar-refractivity contribution is 0.0827. The van der Waals surface area contributed by atoms with E-state index in [1.165, 1.54) is 9.58 Å². The number of aromatic nitrogens is 2. The second-order valence-corrected chi connectivity index (χ2v) is 8.43. The lowest BCUT2D eigenvalue weighted by atomic mass is 10.1. The first kappa shape index (κ1) is 23.1. The van der Waals surface area contributed by atoms with E-state index < -0.39 is 0 Å². The van der Waals surface area contributed by atoms with Gasteiger partial charge < -0.3 is 10.2 Å². The number of hydrogen-bond donors (Lipinski definition) is 1. The molecular weight excluding hydrogens is 459 g/mol. The second kappa shape index (κ2) is 9.73. The van der Waals surface area contributed by atoms with Crippen LogP contribution in [0, 0.1) is 6.92 Å². The first-order valence-corrected chi connectivity index (χ1v) is 10.6. The summed E-state index contributed by atoms with van der Waals surface area (Å²) in [6.07, 6.45) is 0. The highest BCUT2D eigenvalue weighted by molar-refractivity contribution is 6.35. The SMILES string of the molecule is Cc1nn(Cc2ccc(Cl)cc2Cl)c(Cl)c1C(=O)NCc1cccc(C(=O)N(C)C)c1. The highest BCUT2D eigenvalue weighted by Crippen LogP contribution is 2.25. The lowest BCUT2D eigenvalue weighted by Crippen LogP contribution is -2.24. The zero-order chi connectivity index (χ0) is 22.7. The Labute approximate surface area is 195 Å². The molecule has 0 fully saturated rings. The molecule has 3 rings (SSSR count). The molecule has 1 heterocycles. The van der Waals surface area contributed by atoms with Crippen molar-refractivity contribution in [3.05, 3.63) is 85.6 Å². The fourth-order valence-electron chi connectivity index (χ4n) is 3.07. The van der Waals surface area contributed by atoms with Gasteiger partial charge in [-0.2, -0.15) is 5.10 Å². The highest BCUT2D eigenvalue weighted by Gasteiger charge is 2.21. The van der Waals surface area contributed by atoms with Gasteiger partial charge in [0.05, 0.1) is 17.8 Å². The smallest absolute Gasteiger partial charge is 0.256 e. The summed E-state index contributed by atoms with van der Waals surface area (Å²) in [5.41, 5.74) is 2.94. The van der Waals surface area contributed by atoms with Crippen LogP contribution in [0.2, 0.25) is 15.2 Å². The molecule has 0 bridgehead atoms. The maximum atomic E-state index is 12.8. The van der Waals surface area contributed by atoms with E-state index >= 15 is 0 Å². The van der Waals surface area contributed by atoms with Crippen LogP contribution in [0.15, 0.2) is 42.5 Å². The molecule has 0 atom stereocenters. The van der Waals surface area contributed by atoms with E-state index in [-0.39, 0.29) is 23.5 Å². The van der Waals surface area contributed by atoms with E-state index in [0.717, 1.165) is 11.1 Å². The van der Waals surface area contributed by atoms with Crippen molar-refractivity contribution in [2.45, 2.75) is 20.0 Å². The molecular formula is C22H21Cl3N4O2. The van der Waals surface area contributed by atoms with E-state index in [1.54, 1.807) is 57.4 Å². The molecule has 0 aliphatic heterocycles. The summed E-state index contributed by atoms with van der Waals surface area (Å²) in [4.78, 5) is 26.4. The van der Waals surface area contributed by atoms with Crippen molar-refractivity contribution in [3.63, 3.8) is 0 Å². The number of amides is 2. The van der Waals surface area contributed by atoms with Gasteiger partial charge in [-0.25, -0.2) is 4.68 Å². The second-order valence-electron chi connectivity index (χ2n) is 7.23. The Morgan fingerprint density at radius 3 is 2.52 bits per heavy atom. The van der Waals surface area contributed by atoms with E-state index in [0.29, 0.717) is 33.4 Å². The predicted molar refractivity (Wildman–Crippen MR) is 123 cm³/mol. The average molecular weight is 480 g/mol. The third kappa shape index (κ3) is 5.39. The van der Waals surface area contributed by atoms with Crippen LogP contribution in [0.1, 0.15) is 37.5 Å². The number of halogens is 3. The summed E-state index contributed by atoms with van der Waals surface area (Å²) in [7, 11) is 3.38. The Kier molecular flexibility index (Phi) is 7.26. The Morgan fingerprint density at radius 2 is 1.84 bits per heavy atom. The zero-order valence-electron chi connectivity index (χ0n) is 17.2. The maximum absolute atomic E-state index is 12.8. The molecule has 0 spiro atoms. The number of carbonyl (C=O) groups excluding carboxylic acids is 2. The summed E-state index contributed by atoms with van der Waals surface area (Å²) >= 11 is 18.6. The van der Waals surface area contributed by atoms with E-state index in [9.17, 15) is 9.59 Å². The Morgan fingerprint density at radius 1 is 1.10 bits per heavy atom. The van der Waals surface area contributed by atoms with Crippen molar-refractivity contribution in [2.75, 3.05) is 14.1 Å². The molecule has 2 aromatic carbocycles. The third-order valence-electron chi connectivity index (χ3n) is 4.66. The Balaban J connectivity index is 1.74. The number of benzene rings is 2. The number of rotatable bonds is 6. The van der Waals surface area contributed by atoms with Crippen molar-refractivity contribution >= 4 is 46.6 Å². The molecule has 31 heavy (non-hydrogen) atoms. The van der Waals surface area contributed by atoms with Gasteiger partial charge in [-0.1, -0.05) is 53.0 Å². The summed E-state index contributed by atoms with van der Waals surface area (Å²) in [6.45, 7) is 2.27. The topological polar surface area (TPSA) is 67.2 Å². The predicted octanol–water partition coefficient (Wildman–Crippen LogP) is 4.83. The molecule has 3 aromatic rings. The molecule has 0 aliphatic carbocycles. The standard InChI is InChI=1S/C22H21Cl3N4O2/c1-13-19(20(25)29(27-13)12-16-7-8-17(23)10-18(16)24)21(30)26-11-14-5-4-6-15(9-14)22(31)28(2)3/h4-10H,11-12H2,1-3H3,(H,26,30). The van der Waals surface area contributed by atoms with Crippen molar-refractivity contribution in [2.24, 2.45) is 0 Å². The Hall–Kier alpha value is -2.54. The molecule has 1 N–H and O–H groups in total. The molecule has 162 valence electrons. The number of nitrogens with one attached hydrogen (secondary N) is 1. The van der Waals surface area contributed by atoms with Gasteiger partial charge in [0.15, 0.2) is 0 Å². The number of carbonyl (C=O) groups is 2. The molecule has 0 radical (unpaired) electrons. The van der Waals surface area contributed by atoms with Crippen molar-refractivity contribution in [1.29, 1.82) is 0 Å². The van der Waals surface area contributed by atoms with Gasteiger partial charge in [-0.15, -0.1) is 0 Å². The Bertz CT molecular complexity index is 1140. The molecule has 0 saturated heterocycles. The van der Waals surface area contributed by atoms with Crippen LogP contribution in [0.4, 0.5) is 0 Å². The number of aryl methyl sites for hydroxylation is 1. The van der Waals surface area contributed by atoms with Crippen molar-refractivity contribution in [1.82, 2.24) is 20.0 Å². The monoisotopic (exact) mass is 478 g/mol. The quantitative estimate of drug-likeness (QED) is 0.550. The van der Waals surface area contributed by atoms with Crippen LogP contribution in [-0.2, 0) is 13.1 Å². The molecule has 0 aliphatic rings. The first-order chi connectivity index (χ1) is 14.7. The zero-order valence-corrected chi connectivity index (χ0v) is 19.5. The number of hydrogen-bond acceptors (Lipinski definition) is 3. The minimum absolute atomic E-state index is 0.103. The van der Waals surface area contributed by atoms with E-state index in [4.69, 9.17) is 34.8 Å². The van der Waals surface area contributed by atoms with Gasteiger partial charge in [0.2, 0.25) is 0 Å². The molecule has 0 unspecified atom stereocenters. The summed E-state index contributed by atoms with van der Waals surface area (Å²) in [5.74, 6) is -0.450. The maximum Gasteiger partial charge on any atom is 0.256 e. The van der Waals surface area contributed by atoms with Gasteiger partial charge in [-0.3, -0.25) is 9.59 Å². The normalized spacial score (nSPS) is 10.8. The van der Waals surface area contributed by atoms with E-state index in [2.05, 4.69) is 10.4 Å². The average Bonchev–Trinajstić information content (AvgIpc) is 3.01. The minimum atomic E-state index is -0.347. The fourth-order valence-corrected chi connectivity index (χ4v) is 3.86. The van der Waals surface area contributed by atoms with Crippen LogP contribution in [0.3, 0.4) is 0 Å². The summed E-state index contributed by atoms with van der Waals surface area (Å²) in [6, 6.07) is 12.3. The largest absolute Gasteiger partial charge is 0.348 e. The van der Waals surface area contributed by atoms with Crippen LogP contribution < -0.4 is 5.32 Å². The van der Waals surface area contributed by atoms with Gasteiger partial charge in [0, 0.05) is 36.2 Å². The third-order valence-corrected chi connectivity index (χ3v) is 5.63. The summed E-state index contributed by atoms with van der Waals surface area (Å²) in [5, 5.41) is 8.48. The number of nitrogens with zero attached hydrogens (tertiary/aromatic N) is 3. The van der Waals surface area contributed by atoms with Crippen LogP contribution >= 0.6 is 34.8 Å². The van der Waals surface area contributed by atoms with Crippen LogP contribution in [-0.4, -0.2) is 40.6 Å². The van der Waals surface area contributed by atoms with Gasteiger partial charge >= 0.3 is 0 Å². The lowest BCUT2D eigenvalue weighted by Gasteiger charge is -2.11. The van der Waals surface area contributed by atoms with Gasteiger partial charge in [-0.05, 0) is 42.3 Å². The van der Waals surface area contributed by atoms with Gasteiger partial charge in [0.1, 0.15) is 5.15 Å². The molecule has 6 nitrogen and oxygen atoms in total. The van der Waals surface area contributed by atoms with Crippen LogP contribution in [0.25, 0.3) is 0 Å². The van der Waals surface area contributed by atoms with Crippen LogP contribution in [0.5, 0.6) is 0 Å². The summed E-state index contributed by atoms with van der Waals surface area (Å²) < 4.78 is 1.53. The highest BCUT2D eigenvalue weighted by atomic mass is 35.5.